The molecule has 1 aromatic carbocycles. The predicted octanol–water partition coefficient (Wildman–Crippen LogP) is 8.03. The van der Waals surface area contributed by atoms with Gasteiger partial charge in [0, 0.05) is 11.5 Å². The van der Waals surface area contributed by atoms with E-state index in [-0.39, 0.29) is 62.7 Å². The van der Waals surface area contributed by atoms with E-state index in [1.54, 1.807) is 30.3 Å². The third kappa shape index (κ3) is 4.83. The number of esters is 1. The monoisotopic (exact) mass is 618 g/mol. The van der Waals surface area contributed by atoms with Crippen molar-refractivity contribution in [1.29, 1.82) is 0 Å². The fourth-order valence-corrected chi connectivity index (χ4v) is 12.1. The van der Waals surface area contributed by atoms with Crippen LogP contribution >= 0.6 is 0 Å². The molecule has 45 heavy (non-hydrogen) atoms. The number of fused-ring (bicyclic) bond motifs is 7. The summed E-state index contributed by atoms with van der Waals surface area (Å²) in [5.41, 5.74) is 1.60. The Kier molecular flexibility index (Phi) is 7.90. The van der Waals surface area contributed by atoms with Crippen molar-refractivity contribution >= 4 is 18.0 Å². The minimum absolute atomic E-state index is 0.00751. The maximum Gasteiger partial charge on any atom is 0.330 e. The van der Waals surface area contributed by atoms with Gasteiger partial charge in [0.05, 0.1) is 12.0 Å². The number of carbonyl (C=O) groups is 2. The van der Waals surface area contributed by atoms with Gasteiger partial charge in [0.1, 0.15) is 12.4 Å². The molecule has 0 aliphatic heterocycles. The summed E-state index contributed by atoms with van der Waals surface area (Å²) in [5.74, 6) is -0.319. The molecule has 3 N–H and O–H groups in total. The number of carbonyl (C=O) groups excluding carboxylic acids is 1. The van der Waals surface area contributed by atoms with Crippen molar-refractivity contribution in [2.24, 2.45) is 56.7 Å². The Balaban J connectivity index is 1.40. The molecule has 0 unspecified atom stereocenters. The second-order valence-electron chi connectivity index (χ2n) is 16.9. The van der Waals surface area contributed by atoms with E-state index in [4.69, 9.17) is 4.74 Å². The van der Waals surface area contributed by atoms with Gasteiger partial charge in [0.15, 0.2) is 0 Å². The van der Waals surface area contributed by atoms with Crippen LogP contribution in [-0.4, -0.2) is 40.0 Å². The molecule has 0 radical (unpaired) electrons. The highest BCUT2D eigenvalue weighted by molar-refractivity contribution is 5.87. The summed E-state index contributed by atoms with van der Waals surface area (Å²) in [7, 11) is 0. The lowest BCUT2D eigenvalue weighted by molar-refractivity contribution is -0.216. The number of phenols is 1. The smallest absolute Gasteiger partial charge is 0.330 e. The first-order chi connectivity index (χ1) is 21.1. The number of allylic oxidation sites excluding steroid dienone is 1. The van der Waals surface area contributed by atoms with Crippen LogP contribution in [0.25, 0.3) is 6.08 Å². The average molecular weight is 619 g/mol. The zero-order chi connectivity index (χ0) is 32.6. The van der Waals surface area contributed by atoms with Crippen molar-refractivity contribution in [3.8, 4) is 5.75 Å². The van der Waals surface area contributed by atoms with Crippen molar-refractivity contribution in [2.45, 2.75) is 105 Å². The number of rotatable bonds is 5. The number of benzene rings is 1. The fraction of sp³-hybridized carbons (Fsp3) is 0.692. The van der Waals surface area contributed by atoms with E-state index in [1.165, 1.54) is 11.6 Å². The van der Waals surface area contributed by atoms with Crippen molar-refractivity contribution in [3.63, 3.8) is 0 Å². The standard InChI is InChI=1S/C39H54O6/c1-24-27(34(43)44)15-18-36(4)21-22-39(23-45-32(42)14-9-25-7-10-26(40)11-8-25)28(33(24)36)12-13-30-37(5)19-17-31(41)35(2,3)29(37)16-20-38(30,39)6/h7-12,14,24,27,29-31,33,40-41H,13,15-23H2,1-6H3,(H,43,44)/b14-9+/t24-,27+,29-,30+,31-,33-,36+,37-,38+,39-/m0/s1. The van der Waals surface area contributed by atoms with Crippen LogP contribution in [0.1, 0.15) is 105 Å². The van der Waals surface area contributed by atoms with Gasteiger partial charge in [-0.3, -0.25) is 4.79 Å². The summed E-state index contributed by atoms with van der Waals surface area (Å²) >= 11 is 0. The maximum absolute atomic E-state index is 13.3. The van der Waals surface area contributed by atoms with Crippen molar-refractivity contribution in [2.75, 3.05) is 6.61 Å². The average Bonchev–Trinajstić information content (AvgIpc) is 2.97. The van der Waals surface area contributed by atoms with Gasteiger partial charge in [-0.25, -0.2) is 4.79 Å². The fourth-order valence-electron chi connectivity index (χ4n) is 12.1. The second-order valence-corrected chi connectivity index (χ2v) is 16.9. The zero-order valence-electron chi connectivity index (χ0n) is 28.1. The van der Waals surface area contributed by atoms with Gasteiger partial charge >= 0.3 is 11.9 Å². The van der Waals surface area contributed by atoms with Crippen LogP contribution in [-0.2, 0) is 14.3 Å². The number of carboxylic acid groups (broad SMARTS) is 1. The van der Waals surface area contributed by atoms with E-state index in [1.807, 2.05) is 0 Å². The summed E-state index contributed by atoms with van der Waals surface area (Å²) in [6.07, 6.45) is 13.8. The Labute approximate surface area is 269 Å². The summed E-state index contributed by atoms with van der Waals surface area (Å²) < 4.78 is 6.28. The Bertz CT molecular complexity index is 1390. The predicted molar refractivity (Wildman–Crippen MR) is 175 cm³/mol. The summed E-state index contributed by atoms with van der Waals surface area (Å²) in [6, 6.07) is 6.72. The molecule has 0 bridgehead atoms. The maximum atomic E-state index is 13.3. The molecular formula is C39H54O6. The molecule has 6 rings (SSSR count). The summed E-state index contributed by atoms with van der Waals surface area (Å²) in [6.45, 7) is 14.3. The van der Waals surface area contributed by atoms with E-state index < -0.39 is 5.97 Å². The molecule has 1 aromatic rings. The molecule has 4 fully saturated rings. The van der Waals surface area contributed by atoms with Gasteiger partial charge in [0.25, 0.3) is 0 Å². The molecule has 5 aliphatic rings. The highest BCUT2D eigenvalue weighted by Crippen LogP contribution is 2.75. The highest BCUT2D eigenvalue weighted by atomic mass is 16.5. The zero-order valence-corrected chi connectivity index (χ0v) is 28.1. The number of aliphatic carboxylic acids is 1. The third-order valence-corrected chi connectivity index (χ3v) is 14.7. The molecular weight excluding hydrogens is 564 g/mol. The van der Waals surface area contributed by atoms with Gasteiger partial charge in [-0.2, -0.15) is 0 Å². The first-order valence-corrected chi connectivity index (χ1v) is 17.3. The lowest BCUT2D eigenvalue weighted by Crippen LogP contribution is -2.66. The quantitative estimate of drug-likeness (QED) is 0.175. The first kappa shape index (κ1) is 32.3. The molecule has 5 aliphatic carbocycles. The Hall–Kier alpha value is -2.60. The Morgan fingerprint density at radius 2 is 1.64 bits per heavy atom. The van der Waals surface area contributed by atoms with E-state index in [9.17, 15) is 24.9 Å². The number of aromatic hydroxyl groups is 1. The van der Waals surface area contributed by atoms with Crippen LogP contribution in [0.2, 0.25) is 0 Å². The van der Waals surface area contributed by atoms with E-state index in [0.29, 0.717) is 18.4 Å². The summed E-state index contributed by atoms with van der Waals surface area (Å²) in [4.78, 5) is 25.8. The van der Waals surface area contributed by atoms with Crippen molar-refractivity contribution in [1.82, 2.24) is 0 Å². The largest absolute Gasteiger partial charge is 0.508 e. The second kappa shape index (κ2) is 11.0. The number of aliphatic hydroxyl groups excluding tert-OH is 1. The van der Waals surface area contributed by atoms with Crippen LogP contribution in [0.5, 0.6) is 5.75 Å². The normalized spacial score (nSPS) is 43.7. The highest BCUT2D eigenvalue weighted by Gasteiger charge is 2.70. The number of aliphatic hydroxyl groups is 1. The Morgan fingerprint density at radius 3 is 2.33 bits per heavy atom. The Morgan fingerprint density at radius 1 is 0.933 bits per heavy atom. The molecule has 246 valence electrons. The molecule has 4 saturated carbocycles. The number of hydrogen-bond acceptors (Lipinski definition) is 5. The van der Waals surface area contributed by atoms with E-state index in [2.05, 4.69) is 47.6 Å². The summed E-state index contributed by atoms with van der Waals surface area (Å²) in [5, 5.41) is 31.0. The molecule has 6 heteroatoms. The van der Waals surface area contributed by atoms with Crippen molar-refractivity contribution < 1.29 is 29.6 Å². The van der Waals surface area contributed by atoms with Gasteiger partial charge < -0.3 is 20.1 Å². The van der Waals surface area contributed by atoms with Gasteiger partial charge in [-0.05, 0) is 127 Å². The minimum Gasteiger partial charge on any atom is -0.508 e. The SMILES string of the molecule is C[C@@H]1[C@H]2C3=CC[C@@H]4[C@@]5(C)CC[C@H](O)C(C)(C)[C@@H]5CC[C@@]4(C)[C@]3(COC(=O)/C=C/c3ccc(O)cc3)CC[C@@]2(C)CC[C@H]1C(=O)O. The molecule has 0 aromatic heterocycles. The van der Waals surface area contributed by atoms with Gasteiger partial charge in [-0.1, -0.05) is 65.3 Å². The van der Waals surface area contributed by atoms with Crippen molar-refractivity contribution in [3.05, 3.63) is 47.6 Å². The topological polar surface area (TPSA) is 104 Å². The molecule has 0 heterocycles. The number of hydrogen-bond donors (Lipinski definition) is 3. The van der Waals surface area contributed by atoms with E-state index >= 15 is 0 Å². The first-order valence-electron chi connectivity index (χ1n) is 17.3. The minimum atomic E-state index is -0.692. The van der Waals surface area contributed by atoms with Crippen LogP contribution in [0.15, 0.2) is 42.0 Å². The van der Waals surface area contributed by atoms with Gasteiger partial charge in [-0.15, -0.1) is 0 Å². The van der Waals surface area contributed by atoms with Crippen LogP contribution in [0.4, 0.5) is 0 Å². The third-order valence-electron chi connectivity index (χ3n) is 14.7. The molecule has 0 spiro atoms. The van der Waals surface area contributed by atoms with Crippen LogP contribution < -0.4 is 0 Å². The lowest BCUT2D eigenvalue weighted by Gasteiger charge is -2.71. The molecule has 6 nitrogen and oxygen atoms in total. The number of ether oxygens (including phenoxy) is 1. The van der Waals surface area contributed by atoms with Crippen LogP contribution in [0.3, 0.4) is 0 Å². The molecule has 0 amide bonds. The lowest BCUT2D eigenvalue weighted by atomic mass is 9.33. The number of phenolic OH excluding ortho intramolecular Hbond substituents is 1. The van der Waals surface area contributed by atoms with E-state index in [0.717, 1.165) is 63.4 Å². The molecule has 10 atom stereocenters. The van der Waals surface area contributed by atoms with Crippen LogP contribution in [0, 0.1) is 56.7 Å². The van der Waals surface area contributed by atoms with Gasteiger partial charge in [0.2, 0.25) is 0 Å². The molecule has 0 saturated heterocycles. The number of carboxylic acids is 1.